The SMILES string of the molecule is CN1C(=O)C2ON(CC(=O)NC3CCN(Cc4ccccc4)CC3)C(c3ccc(N(C)C)cc3)C2C1=O. The molecular formula is C28H35N5O4. The van der Waals surface area contributed by atoms with E-state index in [1.807, 2.05) is 49.3 Å². The van der Waals surface area contributed by atoms with E-state index in [0.717, 1.165) is 48.6 Å². The fraction of sp³-hybridized carbons (Fsp3) is 0.464. The zero-order chi connectivity index (χ0) is 26.1. The number of imide groups is 1. The van der Waals surface area contributed by atoms with Gasteiger partial charge in [0.15, 0.2) is 6.10 Å². The number of likely N-dealkylation sites (N-methyl/N-ethyl adjacent to an activating group) is 1. The molecule has 3 heterocycles. The molecule has 3 unspecified atom stereocenters. The smallest absolute Gasteiger partial charge is 0.261 e. The summed E-state index contributed by atoms with van der Waals surface area (Å²) >= 11 is 0. The number of carbonyl (C=O) groups is 3. The van der Waals surface area contributed by atoms with Crippen LogP contribution in [0.3, 0.4) is 0 Å². The Morgan fingerprint density at radius 3 is 2.32 bits per heavy atom. The maximum atomic E-state index is 13.1. The molecule has 3 fully saturated rings. The van der Waals surface area contributed by atoms with Crippen molar-refractivity contribution in [2.45, 2.75) is 37.6 Å². The average Bonchev–Trinajstić information content (AvgIpc) is 3.36. The number of hydrogen-bond acceptors (Lipinski definition) is 7. The number of rotatable bonds is 7. The van der Waals surface area contributed by atoms with Crippen molar-refractivity contribution in [2.24, 2.45) is 5.92 Å². The van der Waals surface area contributed by atoms with Crippen molar-refractivity contribution in [1.82, 2.24) is 20.2 Å². The summed E-state index contributed by atoms with van der Waals surface area (Å²) in [6.45, 7) is 2.71. The van der Waals surface area contributed by atoms with E-state index in [1.165, 1.54) is 17.7 Å². The van der Waals surface area contributed by atoms with Gasteiger partial charge in [0.1, 0.15) is 6.54 Å². The summed E-state index contributed by atoms with van der Waals surface area (Å²) in [5.41, 5.74) is 3.16. The molecule has 3 aliphatic rings. The predicted molar refractivity (Wildman–Crippen MR) is 139 cm³/mol. The van der Waals surface area contributed by atoms with Gasteiger partial charge >= 0.3 is 0 Å². The molecule has 0 saturated carbocycles. The molecule has 3 saturated heterocycles. The zero-order valence-electron chi connectivity index (χ0n) is 21.7. The molecule has 2 aromatic rings. The van der Waals surface area contributed by atoms with Crippen LogP contribution in [0, 0.1) is 5.92 Å². The average molecular weight is 506 g/mol. The van der Waals surface area contributed by atoms with E-state index in [-0.39, 0.29) is 30.3 Å². The number of hydroxylamine groups is 2. The van der Waals surface area contributed by atoms with Gasteiger partial charge in [-0.05, 0) is 36.1 Å². The maximum absolute atomic E-state index is 13.1. The lowest BCUT2D eigenvalue weighted by Gasteiger charge is -2.33. The summed E-state index contributed by atoms with van der Waals surface area (Å²) in [5.74, 6) is -1.47. The molecule has 196 valence electrons. The van der Waals surface area contributed by atoms with Crippen LogP contribution >= 0.6 is 0 Å². The van der Waals surface area contributed by atoms with Crippen LogP contribution in [0.4, 0.5) is 5.69 Å². The van der Waals surface area contributed by atoms with Gasteiger partial charge in [-0.1, -0.05) is 42.5 Å². The largest absolute Gasteiger partial charge is 0.378 e. The molecule has 5 rings (SSSR count). The van der Waals surface area contributed by atoms with Crippen LogP contribution in [-0.2, 0) is 25.8 Å². The maximum Gasteiger partial charge on any atom is 0.261 e. The van der Waals surface area contributed by atoms with E-state index in [1.54, 1.807) is 0 Å². The predicted octanol–water partition coefficient (Wildman–Crippen LogP) is 1.81. The second kappa shape index (κ2) is 10.6. The standard InChI is InChI=1S/C28H35N5O4/c1-30(2)22-11-9-20(10-12-22)25-24-26(28(36)31(3)27(24)35)37-33(25)18-23(34)29-21-13-15-32(16-14-21)17-19-7-5-4-6-8-19/h4-12,21,24-26H,13-18H2,1-3H3,(H,29,34). The first-order valence-corrected chi connectivity index (χ1v) is 12.9. The quantitative estimate of drug-likeness (QED) is 0.575. The molecule has 3 atom stereocenters. The first kappa shape index (κ1) is 25.4. The fourth-order valence-corrected chi connectivity index (χ4v) is 5.58. The Bertz CT molecular complexity index is 1130. The van der Waals surface area contributed by atoms with E-state index in [0.29, 0.717) is 0 Å². The van der Waals surface area contributed by atoms with Gasteiger partial charge in [-0.15, -0.1) is 0 Å². The highest BCUT2D eigenvalue weighted by atomic mass is 16.7. The van der Waals surface area contributed by atoms with Crippen molar-refractivity contribution >= 4 is 23.4 Å². The summed E-state index contributed by atoms with van der Waals surface area (Å²) in [5, 5.41) is 4.68. The second-order valence-corrected chi connectivity index (χ2v) is 10.4. The highest BCUT2D eigenvalue weighted by Crippen LogP contribution is 2.44. The molecule has 9 heteroatoms. The minimum atomic E-state index is -0.898. The van der Waals surface area contributed by atoms with Gasteiger partial charge in [-0.2, -0.15) is 5.06 Å². The number of anilines is 1. The van der Waals surface area contributed by atoms with Crippen LogP contribution in [0.15, 0.2) is 54.6 Å². The van der Waals surface area contributed by atoms with Crippen LogP contribution in [0.2, 0.25) is 0 Å². The Morgan fingerprint density at radius 2 is 1.68 bits per heavy atom. The van der Waals surface area contributed by atoms with E-state index in [9.17, 15) is 14.4 Å². The number of carbonyl (C=O) groups excluding carboxylic acids is 3. The van der Waals surface area contributed by atoms with Crippen molar-refractivity contribution in [3.05, 3.63) is 65.7 Å². The summed E-state index contributed by atoms with van der Waals surface area (Å²) in [4.78, 5) is 50.2. The van der Waals surface area contributed by atoms with Gasteiger partial charge in [-0.25, -0.2) is 0 Å². The zero-order valence-corrected chi connectivity index (χ0v) is 21.7. The third-order valence-electron chi connectivity index (χ3n) is 7.67. The van der Waals surface area contributed by atoms with Gasteiger partial charge in [0.2, 0.25) is 11.8 Å². The van der Waals surface area contributed by atoms with E-state index < -0.39 is 18.1 Å². The van der Waals surface area contributed by atoms with Crippen LogP contribution in [0.1, 0.15) is 30.0 Å². The molecule has 0 bridgehead atoms. The lowest BCUT2D eigenvalue weighted by molar-refractivity contribution is -0.182. The van der Waals surface area contributed by atoms with Crippen LogP contribution in [0.25, 0.3) is 0 Å². The van der Waals surface area contributed by atoms with Gasteiger partial charge in [0.25, 0.3) is 5.91 Å². The topological polar surface area (TPSA) is 85.4 Å². The van der Waals surface area contributed by atoms with Crippen molar-refractivity contribution in [1.29, 1.82) is 0 Å². The third-order valence-corrected chi connectivity index (χ3v) is 7.67. The highest BCUT2D eigenvalue weighted by molar-refractivity contribution is 6.07. The number of hydrogen-bond donors (Lipinski definition) is 1. The van der Waals surface area contributed by atoms with E-state index in [4.69, 9.17) is 4.84 Å². The van der Waals surface area contributed by atoms with Crippen molar-refractivity contribution in [3.63, 3.8) is 0 Å². The lowest BCUT2D eigenvalue weighted by atomic mass is 9.90. The van der Waals surface area contributed by atoms with Crippen molar-refractivity contribution < 1.29 is 19.2 Å². The summed E-state index contributed by atoms with van der Waals surface area (Å²) < 4.78 is 0. The van der Waals surface area contributed by atoms with Crippen LogP contribution in [0.5, 0.6) is 0 Å². The lowest BCUT2D eigenvalue weighted by Crippen LogP contribution is -2.47. The fourth-order valence-electron chi connectivity index (χ4n) is 5.58. The summed E-state index contributed by atoms with van der Waals surface area (Å²) in [6.07, 6.45) is 0.856. The Kier molecular flexibility index (Phi) is 7.28. The summed E-state index contributed by atoms with van der Waals surface area (Å²) in [7, 11) is 5.40. The van der Waals surface area contributed by atoms with Gasteiger partial charge in [0.05, 0.1) is 12.0 Å². The summed E-state index contributed by atoms with van der Waals surface area (Å²) in [6, 6.07) is 17.8. The Morgan fingerprint density at radius 1 is 1.00 bits per heavy atom. The molecule has 1 N–H and O–H groups in total. The molecule has 9 nitrogen and oxygen atoms in total. The number of piperidine rings is 1. The van der Waals surface area contributed by atoms with E-state index >= 15 is 0 Å². The monoisotopic (exact) mass is 505 g/mol. The Labute approximate surface area is 217 Å². The van der Waals surface area contributed by atoms with Crippen LogP contribution in [-0.4, -0.2) is 85.5 Å². The minimum Gasteiger partial charge on any atom is -0.378 e. The van der Waals surface area contributed by atoms with E-state index in [2.05, 4.69) is 34.5 Å². The Hall–Kier alpha value is -3.27. The number of benzene rings is 2. The molecule has 0 aliphatic carbocycles. The molecule has 2 aromatic carbocycles. The normalized spacial score (nSPS) is 24.9. The molecule has 37 heavy (non-hydrogen) atoms. The second-order valence-electron chi connectivity index (χ2n) is 10.4. The minimum absolute atomic E-state index is 0.0401. The third kappa shape index (κ3) is 5.25. The molecule has 3 amide bonds. The number of likely N-dealkylation sites (tertiary alicyclic amines) is 2. The number of nitrogens with one attached hydrogen (secondary N) is 1. The van der Waals surface area contributed by atoms with Crippen molar-refractivity contribution in [2.75, 3.05) is 45.7 Å². The number of nitrogens with zero attached hydrogens (tertiary/aromatic N) is 4. The Balaban J connectivity index is 1.22. The molecule has 0 radical (unpaired) electrons. The van der Waals surface area contributed by atoms with Gasteiger partial charge < -0.3 is 10.2 Å². The molecular weight excluding hydrogens is 470 g/mol. The van der Waals surface area contributed by atoms with Crippen molar-refractivity contribution in [3.8, 4) is 0 Å². The number of amides is 3. The molecule has 0 spiro atoms. The van der Waals surface area contributed by atoms with Crippen LogP contribution < -0.4 is 10.2 Å². The first-order chi connectivity index (χ1) is 17.8. The number of fused-ring (bicyclic) bond motifs is 1. The first-order valence-electron chi connectivity index (χ1n) is 12.9. The molecule has 3 aliphatic heterocycles. The van der Waals surface area contributed by atoms with Gasteiger partial charge in [-0.3, -0.25) is 29.0 Å². The highest BCUT2D eigenvalue weighted by Gasteiger charge is 2.58. The van der Waals surface area contributed by atoms with Gasteiger partial charge in [0, 0.05) is 52.5 Å². The molecule has 0 aromatic heterocycles.